The van der Waals surface area contributed by atoms with Crippen molar-refractivity contribution in [1.82, 2.24) is 4.72 Å². The van der Waals surface area contributed by atoms with Crippen LogP contribution in [-0.4, -0.2) is 34.0 Å². The highest BCUT2D eigenvalue weighted by molar-refractivity contribution is 7.89. The molecule has 0 heterocycles. The molecule has 0 fully saturated rings. The molecule has 0 aliphatic rings. The smallest absolute Gasteiger partial charge is 0.240 e. The van der Waals surface area contributed by atoms with Crippen LogP contribution in [0.25, 0.3) is 0 Å². The summed E-state index contributed by atoms with van der Waals surface area (Å²) in [6.07, 6.45) is 0. The Morgan fingerprint density at radius 3 is 2.40 bits per heavy atom. The van der Waals surface area contributed by atoms with Gasteiger partial charge in [0.2, 0.25) is 10.0 Å². The molecule has 6 heteroatoms. The van der Waals surface area contributed by atoms with Crippen molar-refractivity contribution in [1.29, 1.82) is 0 Å². The molecule has 1 aromatic rings. The summed E-state index contributed by atoms with van der Waals surface area (Å²) in [5, 5.41) is 8.74. The van der Waals surface area contributed by atoms with Crippen LogP contribution in [0.5, 0.6) is 0 Å². The van der Waals surface area contributed by atoms with Crippen LogP contribution < -0.4 is 10.2 Å². The SMILES string of the molecule is [B]c1ccc(S(=O)(=O)N[C@@H](C)CO)cc1. The van der Waals surface area contributed by atoms with Crippen molar-refractivity contribution < 1.29 is 13.5 Å². The molecule has 80 valence electrons. The number of aliphatic hydroxyl groups is 1. The van der Waals surface area contributed by atoms with Gasteiger partial charge in [-0.3, -0.25) is 0 Å². The molecule has 0 aromatic heterocycles. The molecule has 0 unspecified atom stereocenters. The van der Waals surface area contributed by atoms with Gasteiger partial charge in [-0.05, 0) is 19.1 Å². The molecular formula is C9H12BNO3S. The van der Waals surface area contributed by atoms with Crippen LogP contribution in [0.15, 0.2) is 29.2 Å². The van der Waals surface area contributed by atoms with E-state index < -0.39 is 16.1 Å². The second-order valence-electron chi connectivity index (χ2n) is 3.27. The van der Waals surface area contributed by atoms with Gasteiger partial charge in [-0.2, -0.15) is 0 Å². The van der Waals surface area contributed by atoms with Crippen LogP contribution in [0.3, 0.4) is 0 Å². The summed E-state index contributed by atoms with van der Waals surface area (Å²) in [6, 6.07) is 5.35. The molecular weight excluding hydrogens is 213 g/mol. The Bertz CT molecular complexity index is 415. The Hall–Kier alpha value is -0.845. The van der Waals surface area contributed by atoms with Crippen molar-refractivity contribution in [2.24, 2.45) is 0 Å². The lowest BCUT2D eigenvalue weighted by atomic mass is 9.97. The van der Waals surface area contributed by atoms with Crippen LogP contribution in [0.1, 0.15) is 6.92 Å². The van der Waals surface area contributed by atoms with Crippen LogP contribution in [0.2, 0.25) is 0 Å². The molecule has 0 amide bonds. The molecule has 2 radical (unpaired) electrons. The molecule has 0 saturated heterocycles. The molecule has 0 spiro atoms. The molecule has 15 heavy (non-hydrogen) atoms. The fraction of sp³-hybridized carbons (Fsp3) is 0.333. The second kappa shape index (κ2) is 4.78. The van der Waals surface area contributed by atoms with Crippen molar-refractivity contribution in [2.45, 2.75) is 17.9 Å². The number of benzene rings is 1. The fourth-order valence-corrected chi connectivity index (χ4v) is 2.25. The number of sulfonamides is 1. The predicted molar refractivity (Wildman–Crippen MR) is 58.7 cm³/mol. The average molecular weight is 225 g/mol. The van der Waals surface area contributed by atoms with Crippen molar-refractivity contribution in [3.8, 4) is 0 Å². The van der Waals surface area contributed by atoms with E-state index in [4.69, 9.17) is 13.0 Å². The first kappa shape index (κ1) is 12.2. The zero-order valence-electron chi connectivity index (χ0n) is 8.34. The van der Waals surface area contributed by atoms with Gasteiger partial charge in [-0.1, -0.05) is 17.6 Å². The summed E-state index contributed by atoms with van der Waals surface area (Å²) in [5.74, 6) is 0. The highest BCUT2D eigenvalue weighted by Crippen LogP contribution is 2.06. The molecule has 0 aliphatic heterocycles. The molecule has 0 saturated carbocycles. The van der Waals surface area contributed by atoms with Crippen LogP contribution in [-0.2, 0) is 10.0 Å². The quantitative estimate of drug-likeness (QED) is 0.655. The maximum atomic E-state index is 11.6. The molecule has 4 nitrogen and oxygen atoms in total. The second-order valence-corrected chi connectivity index (χ2v) is 4.99. The first-order chi connectivity index (χ1) is 6.95. The largest absolute Gasteiger partial charge is 0.395 e. The predicted octanol–water partition coefficient (Wildman–Crippen LogP) is -0.860. The lowest BCUT2D eigenvalue weighted by molar-refractivity contribution is 0.265. The van der Waals surface area contributed by atoms with E-state index in [1.165, 1.54) is 24.3 Å². The monoisotopic (exact) mass is 225 g/mol. The van der Waals surface area contributed by atoms with Gasteiger partial charge in [-0.25, -0.2) is 13.1 Å². The van der Waals surface area contributed by atoms with Crippen molar-refractivity contribution in [3.63, 3.8) is 0 Å². The fourth-order valence-electron chi connectivity index (χ4n) is 1.02. The molecule has 1 aromatic carbocycles. The lowest BCUT2D eigenvalue weighted by Gasteiger charge is -2.11. The summed E-state index contributed by atoms with van der Waals surface area (Å²) >= 11 is 0. The number of hydrogen-bond acceptors (Lipinski definition) is 3. The molecule has 0 aliphatic carbocycles. The third-order valence-corrected chi connectivity index (χ3v) is 3.43. The summed E-state index contributed by atoms with van der Waals surface area (Å²) in [7, 11) is 1.89. The third kappa shape index (κ3) is 3.33. The first-order valence-electron chi connectivity index (χ1n) is 4.44. The van der Waals surface area contributed by atoms with Gasteiger partial charge < -0.3 is 5.11 Å². The lowest BCUT2D eigenvalue weighted by Crippen LogP contribution is -2.35. The van der Waals surface area contributed by atoms with Crippen molar-refractivity contribution in [3.05, 3.63) is 24.3 Å². The van der Waals surface area contributed by atoms with Gasteiger partial charge in [0, 0.05) is 6.04 Å². The van der Waals surface area contributed by atoms with E-state index in [0.717, 1.165) is 0 Å². The van der Waals surface area contributed by atoms with Crippen molar-refractivity contribution in [2.75, 3.05) is 6.61 Å². The van der Waals surface area contributed by atoms with Crippen LogP contribution >= 0.6 is 0 Å². The van der Waals surface area contributed by atoms with Gasteiger partial charge in [0.05, 0.1) is 11.5 Å². The first-order valence-corrected chi connectivity index (χ1v) is 5.93. The number of hydrogen-bond donors (Lipinski definition) is 2. The van der Waals surface area contributed by atoms with Gasteiger partial charge in [0.1, 0.15) is 7.85 Å². The Morgan fingerprint density at radius 1 is 1.40 bits per heavy atom. The van der Waals surface area contributed by atoms with Crippen LogP contribution in [0, 0.1) is 0 Å². The van der Waals surface area contributed by atoms with E-state index in [0.29, 0.717) is 5.46 Å². The summed E-state index contributed by atoms with van der Waals surface area (Å²) in [4.78, 5) is 0.136. The topological polar surface area (TPSA) is 66.4 Å². The Morgan fingerprint density at radius 2 is 1.93 bits per heavy atom. The summed E-state index contributed by atoms with van der Waals surface area (Å²) in [5.41, 5.74) is 0.504. The Balaban J connectivity index is 2.91. The van der Waals surface area contributed by atoms with E-state index in [2.05, 4.69) is 4.72 Å². The minimum absolute atomic E-state index is 0.136. The van der Waals surface area contributed by atoms with Gasteiger partial charge in [0.15, 0.2) is 0 Å². The minimum Gasteiger partial charge on any atom is -0.395 e. The average Bonchev–Trinajstić information content (AvgIpc) is 2.17. The number of rotatable bonds is 4. The number of nitrogens with one attached hydrogen (secondary N) is 1. The molecule has 0 bridgehead atoms. The van der Waals surface area contributed by atoms with E-state index in [1.54, 1.807) is 6.92 Å². The third-order valence-electron chi connectivity index (χ3n) is 1.82. The number of aliphatic hydroxyl groups excluding tert-OH is 1. The van der Waals surface area contributed by atoms with Crippen molar-refractivity contribution >= 4 is 23.3 Å². The molecule has 1 rings (SSSR count). The zero-order chi connectivity index (χ0) is 11.5. The standard InChI is InChI=1S/C9H12BNO3S/c1-7(6-12)11-15(13,14)9-4-2-8(10)3-5-9/h2-5,7,11-12H,6H2,1H3/t7-/m0/s1. The summed E-state index contributed by atoms with van der Waals surface area (Å²) < 4.78 is 25.6. The zero-order valence-corrected chi connectivity index (χ0v) is 9.16. The van der Waals surface area contributed by atoms with Gasteiger partial charge >= 0.3 is 0 Å². The highest BCUT2D eigenvalue weighted by atomic mass is 32.2. The maximum Gasteiger partial charge on any atom is 0.240 e. The molecule has 1 atom stereocenters. The molecule has 2 N–H and O–H groups in total. The minimum atomic E-state index is -3.55. The van der Waals surface area contributed by atoms with E-state index >= 15 is 0 Å². The Kier molecular flexibility index (Phi) is 3.90. The van der Waals surface area contributed by atoms with Crippen LogP contribution in [0.4, 0.5) is 0 Å². The summed E-state index contributed by atoms with van der Waals surface area (Å²) in [6.45, 7) is 1.34. The van der Waals surface area contributed by atoms with E-state index in [1.807, 2.05) is 0 Å². The van der Waals surface area contributed by atoms with E-state index in [-0.39, 0.29) is 11.5 Å². The van der Waals surface area contributed by atoms with Gasteiger partial charge in [-0.15, -0.1) is 0 Å². The highest BCUT2D eigenvalue weighted by Gasteiger charge is 2.15. The normalized spacial score (nSPS) is 13.7. The van der Waals surface area contributed by atoms with E-state index in [9.17, 15) is 8.42 Å². The van der Waals surface area contributed by atoms with Gasteiger partial charge in [0.25, 0.3) is 0 Å². The Labute approximate surface area is 90.8 Å². The maximum absolute atomic E-state index is 11.6.